The van der Waals surface area contributed by atoms with Crippen LogP contribution in [0, 0.1) is 17.8 Å². The van der Waals surface area contributed by atoms with Crippen LogP contribution in [0.1, 0.15) is 68.1 Å². The van der Waals surface area contributed by atoms with Gasteiger partial charge in [-0.05, 0) is 43.9 Å². The summed E-state index contributed by atoms with van der Waals surface area (Å²) in [6, 6.07) is 0.101. The van der Waals surface area contributed by atoms with Gasteiger partial charge in [0.05, 0.1) is 6.04 Å². The lowest BCUT2D eigenvalue weighted by molar-refractivity contribution is -0.137. The monoisotopic (exact) mass is 340 g/mol. The topological polar surface area (TPSA) is 58.1 Å². The number of hydrogen-bond acceptors (Lipinski definition) is 4. The van der Waals surface area contributed by atoms with Crippen molar-refractivity contribution in [3.8, 4) is 0 Å². The fraction of sp³-hybridized carbons (Fsp3) is 0.750. The van der Waals surface area contributed by atoms with E-state index in [9.17, 15) is 4.79 Å². The Labute approximate surface area is 149 Å². The minimum absolute atomic E-state index is 0.101. The molecule has 134 valence electrons. The summed E-state index contributed by atoms with van der Waals surface area (Å²) in [4.78, 5) is 25.0. The van der Waals surface area contributed by atoms with Gasteiger partial charge in [0.15, 0.2) is 5.82 Å². The molecule has 5 nitrogen and oxygen atoms in total. The van der Waals surface area contributed by atoms with Gasteiger partial charge in [-0.3, -0.25) is 4.79 Å². The zero-order chi connectivity index (χ0) is 16.8. The van der Waals surface area contributed by atoms with Crippen LogP contribution >= 0.6 is 0 Å². The number of likely N-dealkylation sites (tertiary alicyclic amines) is 1. The summed E-state index contributed by atoms with van der Waals surface area (Å²) in [6.07, 6.45) is 11.4. The van der Waals surface area contributed by atoms with Crippen LogP contribution < -0.4 is 5.32 Å². The Hall–Kier alpha value is -1.49. The second kappa shape index (κ2) is 6.35. The number of hydrogen-bond donors (Lipinski definition) is 1. The molecule has 3 fully saturated rings. The Morgan fingerprint density at radius 3 is 2.76 bits per heavy atom. The van der Waals surface area contributed by atoms with Gasteiger partial charge in [-0.1, -0.05) is 12.8 Å². The molecule has 0 radical (unpaired) electrons. The number of carbonyl (C=O) groups excluding carboxylic acids is 1. The van der Waals surface area contributed by atoms with Crippen molar-refractivity contribution >= 4 is 5.91 Å². The molecule has 3 atom stereocenters. The van der Waals surface area contributed by atoms with E-state index in [0.29, 0.717) is 23.7 Å². The highest BCUT2D eigenvalue weighted by atomic mass is 16.2. The number of amides is 1. The van der Waals surface area contributed by atoms with Gasteiger partial charge < -0.3 is 10.2 Å². The van der Waals surface area contributed by atoms with E-state index >= 15 is 0 Å². The average Bonchev–Trinajstić information content (AvgIpc) is 3.41. The molecular weight excluding hydrogens is 312 g/mol. The van der Waals surface area contributed by atoms with Crippen LogP contribution in [0.25, 0.3) is 0 Å². The zero-order valence-corrected chi connectivity index (χ0v) is 14.9. The van der Waals surface area contributed by atoms with Crippen LogP contribution in [0.2, 0.25) is 0 Å². The molecule has 1 saturated heterocycles. The van der Waals surface area contributed by atoms with Crippen molar-refractivity contribution in [1.29, 1.82) is 0 Å². The molecular formula is C20H28N4O. The molecule has 1 aromatic rings. The third-order valence-electron chi connectivity index (χ3n) is 6.85. The first kappa shape index (κ1) is 15.7. The molecule has 3 heterocycles. The summed E-state index contributed by atoms with van der Waals surface area (Å²) in [7, 11) is 0. The predicted octanol–water partition coefficient (Wildman–Crippen LogP) is 2.61. The summed E-state index contributed by atoms with van der Waals surface area (Å²) in [5, 5.41) is 3.37. The van der Waals surface area contributed by atoms with Gasteiger partial charge in [0.25, 0.3) is 0 Å². The van der Waals surface area contributed by atoms with Crippen molar-refractivity contribution in [2.45, 2.75) is 64.0 Å². The average molecular weight is 340 g/mol. The van der Waals surface area contributed by atoms with Gasteiger partial charge in [0.1, 0.15) is 0 Å². The van der Waals surface area contributed by atoms with Gasteiger partial charge >= 0.3 is 0 Å². The standard InChI is InChI=1S/C20H28N4O/c25-20(18-14-5-1-2-6-15(14)18)24-10-4-3-7-17(24)19-22-12-13-11-21-9-8-16(13)23-19/h12,14-15,17-18,21H,1-11H2. The SMILES string of the molecule is O=C(C1C2CCCCC21)N1CCCCC1c1ncc2c(n1)CCNC2. The van der Waals surface area contributed by atoms with Crippen LogP contribution in [0.3, 0.4) is 0 Å². The Morgan fingerprint density at radius 1 is 1.12 bits per heavy atom. The fourth-order valence-corrected chi connectivity index (χ4v) is 5.43. The van der Waals surface area contributed by atoms with Crippen molar-refractivity contribution in [2.24, 2.45) is 17.8 Å². The minimum atomic E-state index is 0.101. The highest BCUT2D eigenvalue weighted by Crippen LogP contribution is 2.56. The molecule has 1 N–H and O–H groups in total. The molecule has 2 saturated carbocycles. The van der Waals surface area contributed by atoms with E-state index in [1.165, 1.54) is 43.4 Å². The molecule has 0 aromatic carbocycles. The molecule has 2 aliphatic carbocycles. The maximum Gasteiger partial charge on any atom is 0.226 e. The van der Waals surface area contributed by atoms with Gasteiger partial charge in [-0.25, -0.2) is 9.97 Å². The van der Waals surface area contributed by atoms with E-state index in [4.69, 9.17) is 4.98 Å². The number of piperidine rings is 1. The van der Waals surface area contributed by atoms with Crippen molar-refractivity contribution < 1.29 is 4.79 Å². The summed E-state index contributed by atoms with van der Waals surface area (Å²) >= 11 is 0. The first-order valence-corrected chi connectivity index (χ1v) is 10.2. The Kier molecular flexibility index (Phi) is 4.00. The summed E-state index contributed by atoms with van der Waals surface area (Å²) < 4.78 is 0. The van der Waals surface area contributed by atoms with Crippen molar-refractivity contribution in [2.75, 3.05) is 13.1 Å². The summed E-state index contributed by atoms with van der Waals surface area (Å²) in [6.45, 7) is 2.75. The van der Waals surface area contributed by atoms with Gasteiger partial charge in [-0.15, -0.1) is 0 Å². The third kappa shape index (κ3) is 2.77. The number of rotatable bonds is 2. The number of aromatic nitrogens is 2. The summed E-state index contributed by atoms with van der Waals surface area (Å²) in [5.74, 6) is 2.96. The number of nitrogens with zero attached hydrogens (tertiary/aromatic N) is 3. The second-order valence-corrected chi connectivity index (χ2v) is 8.31. The molecule has 25 heavy (non-hydrogen) atoms. The van der Waals surface area contributed by atoms with Crippen molar-refractivity contribution in [3.05, 3.63) is 23.3 Å². The number of nitrogens with one attached hydrogen (secondary N) is 1. The van der Waals surface area contributed by atoms with Gasteiger partial charge in [0, 0.05) is 49.4 Å². The van der Waals surface area contributed by atoms with E-state index in [2.05, 4.69) is 15.2 Å². The molecule has 1 aromatic heterocycles. The quantitative estimate of drug-likeness (QED) is 0.899. The van der Waals surface area contributed by atoms with Crippen molar-refractivity contribution in [1.82, 2.24) is 20.2 Å². The lowest BCUT2D eigenvalue weighted by atomic mass is 9.99. The summed E-state index contributed by atoms with van der Waals surface area (Å²) in [5.41, 5.74) is 2.40. The van der Waals surface area contributed by atoms with E-state index < -0.39 is 0 Å². The lowest BCUT2D eigenvalue weighted by Crippen LogP contribution is -2.41. The molecule has 4 aliphatic rings. The highest BCUT2D eigenvalue weighted by molar-refractivity contribution is 5.83. The zero-order valence-electron chi connectivity index (χ0n) is 14.9. The molecule has 5 rings (SSSR count). The van der Waals surface area contributed by atoms with Gasteiger partial charge in [0.2, 0.25) is 5.91 Å². The lowest BCUT2D eigenvalue weighted by Gasteiger charge is -2.35. The normalized spacial score (nSPS) is 34.2. The Morgan fingerprint density at radius 2 is 1.92 bits per heavy atom. The Balaban J connectivity index is 1.38. The van der Waals surface area contributed by atoms with Crippen LogP contribution in [-0.2, 0) is 17.8 Å². The molecule has 0 spiro atoms. The number of carbonyl (C=O) groups is 1. The van der Waals surface area contributed by atoms with E-state index in [1.807, 2.05) is 6.20 Å². The first-order chi connectivity index (χ1) is 12.3. The van der Waals surface area contributed by atoms with E-state index in [1.54, 1.807) is 0 Å². The second-order valence-electron chi connectivity index (χ2n) is 8.31. The van der Waals surface area contributed by atoms with Crippen LogP contribution in [0.4, 0.5) is 0 Å². The van der Waals surface area contributed by atoms with Crippen LogP contribution in [-0.4, -0.2) is 33.9 Å². The Bertz CT molecular complexity index is 664. The molecule has 1 amide bonds. The van der Waals surface area contributed by atoms with Crippen molar-refractivity contribution in [3.63, 3.8) is 0 Å². The maximum absolute atomic E-state index is 13.3. The van der Waals surface area contributed by atoms with Gasteiger partial charge in [-0.2, -0.15) is 0 Å². The highest BCUT2D eigenvalue weighted by Gasteiger charge is 2.56. The van der Waals surface area contributed by atoms with E-state index in [0.717, 1.165) is 44.7 Å². The van der Waals surface area contributed by atoms with E-state index in [-0.39, 0.29) is 6.04 Å². The largest absolute Gasteiger partial charge is 0.332 e. The molecule has 5 heteroatoms. The first-order valence-electron chi connectivity index (χ1n) is 10.2. The minimum Gasteiger partial charge on any atom is -0.332 e. The maximum atomic E-state index is 13.3. The number of fused-ring (bicyclic) bond motifs is 2. The molecule has 2 aliphatic heterocycles. The molecule has 0 bridgehead atoms. The fourth-order valence-electron chi connectivity index (χ4n) is 5.43. The third-order valence-corrected chi connectivity index (χ3v) is 6.85. The van der Waals surface area contributed by atoms with Crippen LogP contribution in [0.15, 0.2) is 6.20 Å². The van der Waals surface area contributed by atoms with Crippen LogP contribution in [0.5, 0.6) is 0 Å². The molecule has 3 unspecified atom stereocenters. The predicted molar refractivity (Wildman–Crippen MR) is 94.7 cm³/mol. The smallest absolute Gasteiger partial charge is 0.226 e.